The zero-order valence-electron chi connectivity index (χ0n) is 15.4. The smallest absolute Gasteiger partial charge is 0.269 e. The number of methoxy groups -OCH3 is 1. The Hall–Kier alpha value is -2.47. The Labute approximate surface area is 175 Å². The van der Waals surface area contributed by atoms with Gasteiger partial charge in [0.1, 0.15) is 10.7 Å². The van der Waals surface area contributed by atoms with Crippen molar-refractivity contribution in [1.82, 2.24) is 9.88 Å². The lowest BCUT2D eigenvalue weighted by Gasteiger charge is -2.04. The molecular formula is C20H20BrN3O3S. The summed E-state index contributed by atoms with van der Waals surface area (Å²) >= 11 is 4.52. The van der Waals surface area contributed by atoms with E-state index in [0.29, 0.717) is 28.8 Å². The van der Waals surface area contributed by atoms with Crippen LogP contribution in [0.2, 0.25) is 0 Å². The van der Waals surface area contributed by atoms with Crippen LogP contribution in [-0.4, -0.2) is 30.7 Å². The van der Waals surface area contributed by atoms with E-state index < -0.39 is 5.91 Å². The fraction of sp³-hybridized carbons (Fsp3) is 0.250. The highest BCUT2D eigenvalue weighted by Crippen LogP contribution is 2.10. The predicted octanol–water partition coefficient (Wildman–Crippen LogP) is 1.51. The number of carbonyl (C=O) groups excluding carboxylic acids is 1. The molecule has 1 N–H and O–H groups in total. The average molecular weight is 462 g/mol. The van der Waals surface area contributed by atoms with Crippen molar-refractivity contribution in [3.05, 3.63) is 66.5 Å². The van der Waals surface area contributed by atoms with Crippen molar-refractivity contribution in [2.75, 3.05) is 20.3 Å². The maximum Gasteiger partial charge on any atom is 0.269 e. The van der Waals surface area contributed by atoms with Gasteiger partial charge < -0.3 is 10.1 Å². The van der Waals surface area contributed by atoms with Crippen LogP contribution in [0.25, 0.3) is 11.6 Å². The number of thiazole rings is 1. The average Bonchev–Trinajstić information content (AvgIpc) is 2.98. The van der Waals surface area contributed by atoms with E-state index in [4.69, 9.17) is 4.74 Å². The number of nitriles is 1. The Balaban J connectivity index is 2.66. The first-order valence-electron chi connectivity index (χ1n) is 8.51. The van der Waals surface area contributed by atoms with Gasteiger partial charge in [0, 0.05) is 31.3 Å². The molecule has 0 bridgehead atoms. The first-order chi connectivity index (χ1) is 13.5. The van der Waals surface area contributed by atoms with Crippen LogP contribution in [0.1, 0.15) is 12.0 Å². The molecule has 0 aliphatic heterocycles. The van der Waals surface area contributed by atoms with Gasteiger partial charge in [-0.05, 0) is 30.2 Å². The normalized spacial score (nSPS) is 12.4. The third-order valence-electron chi connectivity index (χ3n) is 3.77. The number of hydrogen-bond acceptors (Lipinski definition) is 5. The number of amides is 1. The van der Waals surface area contributed by atoms with Crippen LogP contribution in [0.15, 0.2) is 46.2 Å². The molecule has 0 radical (unpaired) electrons. The molecule has 6 nitrogen and oxygen atoms in total. The maximum absolute atomic E-state index is 12.9. The number of nitrogens with zero attached hydrogens (tertiary/aromatic N) is 2. The number of benzene rings is 1. The van der Waals surface area contributed by atoms with Crippen molar-refractivity contribution in [3.8, 4) is 6.07 Å². The second-order valence-electron chi connectivity index (χ2n) is 5.76. The highest BCUT2D eigenvalue weighted by atomic mass is 79.9. The molecule has 146 valence electrons. The van der Waals surface area contributed by atoms with Gasteiger partial charge in [-0.15, -0.1) is 17.9 Å². The molecule has 1 aromatic carbocycles. The number of carbonyl (C=O) groups is 1. The molecule has 0 saturated carbocycles. The number of aromatic nitrogens is 1. The lowest BCUT2D eigenvalue weighted by molar-refractivity contribution is -0.115. The fourth-order valence-corrected chi connectivity index (χ4v) is 3.82. The quantitative estimate of drug-likeness (QED) is 0.476. The van der Waals surface area contributed by atoms with Crippen molar-refractivity contribution < 1.29 is 9.53 Å². The van der Waals surface area contributed by atoms with E-state index in [-0.39, 0.29) is 17.7 Å². The summed E-state index contributed by atoms with van der Waals surface area (Å²) in [5.41, 5.74) is 0.534. The van der Waals surface area contributed by atoms with Crippen LogP contribution >= 0.6 is 27.3 Å². The molecule has 2 rings (SSSR count). The maximum atomic E-state index is 12.9. The second-order valence-corrected chi connectivity index (χ2v) is 7.70. The van der Waals surface area contributed by atoms with Crippen LogP contribution in [0.3, 0.4) is 0 Å². The largest absolute Gasteiger partial charge is 0.385 e. The van der Waals surface area contributed by atoms with Crippen LogP contribution in [-0.2, 0) is 16.1 Å². The third kappa shape index (κ3) is 5.52. The Bertz CT molecular complexity index is 1060. The standard InChI is InChI=1S/C20H20BrN3O3S/c1-3-9-23-18(25)16(13-22)20-24(10-4-11-27-2)19(26)17(28-20)12-14-5-7-15(21)8-6-14/h3,5-8,12H,1,4,9-11H2,2H3,(H,23,25)/b17-12+,20-16+. The molecule has 0 atom stereocenters. The first-order valence-corrected chi connectivity index (χ1v) is 10.1. The van der Waals surface area contributed by atoms with Crippen molar-refractivity contribution in [2.45, 2.75) is 13.0 Å². The number of rotatable bonds is 8. The predicted molar refractivity (Wildman–Crippen MR) is 114 cm³/mol. The zero-order valence-corrected chi connectivity index (χ0v) is 17.8. The van der Waals surface area contributed by atoms with E-state index in [9.17, 15) is 14.9 Å². The molecule has 1 amide bonds. The van der Waals surface area contributed by atoms with Crippen LogP contribution in [0.4, 0.5) is 0 Å². The summed E-state index contributed by atoms with van der Waals surface area (Å²) in [6.45, 7) is 4.61. The van der Waals surface area contributed by atoms with Crippen molar-refractivity contribution in [1.29, 1.82) is 5.26 Å². The number of hydrogen-bond donors (Lipinski definition) is 1. The Morgan fingerprint density at radius 1 is 1.43 bits per heavy atom. The molecular weight excluding hydrogens is 442 g/mol. The molecule has 8 heteroatoms. The zero-order chi connectivity index (χ0) is 20.5. The van der Waals surface area contributed by atoms with Crippen molar-refractivity contribution in [2.24, 2.45) is 0 Å². The molecule has 0 saturated heterocycles. The number of ether oxygens (including phenoxy) is 1. The second kappa shape index (κ2) is 10.8. The molecule has 2 aromatic rings. The van der Waals surface area contributed by atoms with Gasteiger partial charge in [-0.3, -0.25) is 14.2 Å². The topological polar surface area (TPSA) is 84.1 Å². The van der Waals surface area contributed by atoms with Gasteiger partial charge in [-0.2, -0.15) is 5.26 Å². The lowest BCUT2D eigenvalue weighted by atomic mass is 10.2. The third-order valence-corrected chi connectivity index (χ3v) is 5.42. The Morgan fingerprint density at radius 2 is 2.14 bits per heavy atom. The molecule has 0 aliphatic rings. The number of nitrogens with one attached hydrogen (secondary N) is 1. The minimum atomic E-state index is -0.528. The van der Waals surface area contributed by atoms with Gasteiger partial charge in [0.15, 0.2) is 5.57 Å². The van der Waals surface area contributed by atoms with Gasteiger partial charge in [0.05, 0.1) is 4.53 Å². The molecule has 1 aromatic heterocycles. The fourth-order valence-electron chi connectivity index (χ4n) is 2.43. The highest BCUT2D eigenvalue weighted by molar-refractivity contribution is 9.10. The molecule has 0 aliphatic carbocycles. The molecule has 0 unspecified atom stereocenters. The SMILES string of the molecule is C=CCNC(=O)/C(C#N)=c1/s/c(=C/c2ccc(Br)cc2)c(=O)n1CCCOC. The summed E-state index contributed by atoms with van der Waals surface area (Å²) < 4.78 is 8.27. The van der Waals surface area contributed by atoms with Gasteiger partial charge in [0.25, 0.3) is 11.5 Å². The summed E-state index contributed by atoms with van der Waals surface area (Å²) in [7, 11) is 1.58. The molecule has 0 spiro atoms. The van der Waals surface area contributed by atoms with Gasteiger partial charge >= 0.3 is 0 Å². The van der Waals surface area contributed by atoms with Crippen molar-refractivity contribution >= 4 is 44.8 Å². The Kier molecular flexibility index (Phi) is 8.39. The lowest BCUT2D eigenvalue weighted by Crippen LogP contribution is -2.35. The Morgan fingerprint density at radius 3 is 2.75 bits per heavy atom. The summed E-state index contributed by atoms with van der Waals surface area (Å²) in [6.07, 6.45) is 3.87. The summed E-state index contributed by atoms with van der Waals surface area (Å²) in [6, 6.07) is 9.46. The van der Waals surface area contributed by atoms with Gasteiger partial charge in [0.2, 0.25) is 0 Å². The van der Waals surface area contributed by atoms with Crippen LogP contribution in [0, 0.1) is 11.3 Å². The molecule has 1 heterocycles. The van der Waals surface area contributed by atoms with Gasteiger partial charge in [-0.25, -0.2) is 0 Å². The van der Waals surface area contributed by atoms with E-state index in [1.165, 1.54) is 10.6 Å². The monoisotopic (exact) mass is 461 g/mol. The van der Waals surface area contributed by atoms with Crippen molar-refractivity contribution in [3.63, 3.8) is 0 Å². The van der Waals surface area contributed by atoms with E-state index in [1.807, 2.05) is 30.3 Å². The summed E-state index contributed by atoms with van der Waals surface area (Å²) in [5.74, 6) is -0.528. The van der Waals surface area contributed by atoms with Crippen LogP contribution < -0.4 is 20.1 Å². The summed E-state index contributed by atoms with van der Waals surface area (Å²) in [4.78, 5) is 25.3. The van der Waals surface area contributed by atoms with E-state index in [1.54, 1.807) is 13.2 Å². The number of halogens is 1. The van der Waals surface area contributed by atoms with E-state index in [0.717, 1.165) is 21.4 Å². The highest BCUT2D eigenvalue weighted by Gasteiger charge is 2.15. The minimum absolute atomic E-state index is 0.0863. The molecule has 28 heavy (non-hydrogen) atoms. The first kappa shape index (κ1) is 21.8. The van der Waals surface area contributed by atoms with E-state index in [2.05, 4.69) is 27.8 Å². The minimum Gasteiger partial charge on any atom is -0.385 e. The van der Waals surface area contributed by atoms with E-state index >= 15 is 0 Å². The summed E-state index contributed by atoms with van der Waals surface area (Å²) in [5, 5.41) is 12.1. The molecule has 0 fully saturated rings. The van der Waals surface area contributed by atoms with Crippen LogP contribution in [0.5, 0.6) is 0 Å². The van der Waals surface area contributed by atoms with Gasteiger partial charge in [-0.1, -0.05) is 34.1 Å².